The molecule has 1 aromatic heterocycles. The third-order valence-corrected chi connectivity index (χ3v) is 3.73. The van der Waals surface area contributed by atoms with E-state index in [1.807, 2.05) is 34.6 Å². The molecular formula is C15H23ClN2O3. The van der Waals surface area contributed by atoms with Gasteiger partial charge in [-0.05, 0) is 45.6 Å². The summed E-state index contributed by atoms with van der Waals surface area (Å²) in [5, 5.41) is 11.9. The lowest BCUT2D eigenvalue weighted by molar-refractivity contribution is 0.168. The third kappa shape index (κ3) is 5.42. The molecule has 0 spiro atoms. The topological polar surface area (TPSA) is 71.5 Å². The number of hydrogen-bond acceptors (Lipinski definition) is 3. The van der Waals surface area contributed by atoms with E-state index in [1.165, 1.54) is 0 Å². The third-order valence-electron chi connectivity index (χ3n) is 3.35. The number of nitrogens with one attached hydrogen (secondary N) is 1. The van der Waals surface area contributed by atoms with E-state index >= 15 is 0 Å². The number of pyridine rings is 1. The number of carbonyl (C=O) groups is 1. The predicted molar refractivity (Wildman–Crippen MR) is 83.2 cm³/mol. The lowest BCUT2D eigenvalue weighted by atomic mass is 9.92. The highest BCUT2D eigenvalue weighted by atomic mass is 35.5. The Hall–Kier alpha value is -1.49. The summed E-state index contributed by atoms with van der Waals surface area (Å²) in [6.45, 7) is 10.0. The second-order valence-electron chi connectivity index (χ2n) is 6.10. The molecule has 5 nitrogen and oxygen atoms in total. The summed E-state index contributed by atoms with van der Waals surface area (Å²) >= 11 is 6.00. The minimum atomic E-state index is -1.01. The summed E-state index contributed by atoms with van der Waals surface area (Å²) < 4.78 is 5.74. The SMILES string of the molecule is Cc1c(Cl)cnc(OC[C@@H](C)CC(C)(C)NC(=O)O)c1C. The molecule has 0 aliphatic rings. The first kappa shape index (κ1) is 17.6. The Balaban J connectivity index is 2.59. The number of ether oxygens (including phenoxy) is 1. The molecule has 1 heterocycles. The molecule has 1 aromatic rings. The summed E-state index contributed by atoms with van der Waals surface area (Å²) in [6.07, 6.45) is 1.24. The van der Waals surface area contributed by atoms with E-state index in [1.54, 1.807) is 6.20 Å². The maximum atomic E-state index is 10.7. The molecule has 0 fully saturated rings. The van der Waals surface area contributed by atoms with Gasteiger partial charge in [-0.15, -0.1) is 0 Å². The van der Waals surface area contributed by atoms with E-state index in [0.717, 1.165) is 11.1 Å². The Bertz CT molecular complexity index is 518. The molecule has 0 unspecified atom stereocenters. The number of rotatable bonds is 6. The van der Waals surface area contributed by atoms with Crippen LogP contribution in [0.4, 0.5) is 4.79 Å². The Kier molecular flexibility index (Phi) is 5.84. The molecule has 21 heavy (non-hydrogen) atoms. The first-order valence-electron chi connectivity index (χ1n) is 6.88. The van der Waals surface area contributed by atoms with Crippen molar-refractivity contribution in [1.29, 1.82) is 0 Å². The second-order valence-corrected chi connectivity index (χ2v) is 6.50. The van der Waals surface area contributed by atoms with Crippen molar-refractivity contribution in [3.8, 4) is 5.88 Å². The van der Waals surface area contributed by atoms with Crippen LogP contribution in [0, 0.1) is 19.8 Å². The van der Waals surface area contributed by atoms with Gasteiger partial charge in [0.05, 0.1) is 11.6 Å². The molecule has 0 saturated heterocycles. The van der Waals surface area contributed by atoms with Crippen molar-refractivity contribution >= 4 is 17.7 Å². The maximum absolute atomic E-state index is 10.7. The van der Waals surface area contributed by atoms with Crippen LogP contribution in [-0.2, 0) is 0 Å². The van der Waals surface area contributed by atoms with Crippen LogP contribution in [0.15, 0.2) is 6.20 Å². The van der Waals surface area contributed by atoms with Crippen molar-refractivity contribution in [2.75, 3.05) is 6.61 Å². The molecule has 0 aliphatic heterocycles. The number of carboxylic acid groups (broad SMARTS) is 1. The van der Waals surface area contributed by atoms with Crippen LogP contribution in [-0.4, -0.2) is 28.3 Å². The van der Waals surface area contributed by atoms with Gasteiger partial charge < -0.3 is 15.2 Å². The average molecular weight is 315 g/mol. The largest absolute Gasteiger partial charge is 0.477 e. The van der Waals surface area contributed by atoms with Gasteiger partial charge in [0.15, 0.2) is 0 Å². The zero-order valence-corrected chi connectivity index (χ0v) is 13.9. The minimum Gasteiger partial charge on any atom is -0.477 e. The van der Waals surface area contributed by atoms with Gasteiger partial charge in [0, 0.05) is 17.3 Å². The molecule has 0 aromatic carbocycles. The number of halogens is 1. The van der Waals surface area contributed by atoms with E-state index in [0.29, 0.717) is 23.9 Å². The van der Waals surface area contributed by atoms with Crippen molar-refractivity contribution in [2.45, 2.75) is 46.6 Å². The number of hydrogen-bond donors (Lipinski definition) is 2. The van der Waals surface area contributed by atoms with Crippen molar-refractivity contribution in [2.24, 2.45) is 5.92 Å². The number of nitrogens with zero attached hydrogens (tertiary/aromatic N) is 1. The monoisotopic (exact) mass is 314 g/mol. The average Bonchev–Trinajstić information content (AvgIpc) is 2.32. The highest BCUT2D eigenvalue weighted by Gasteiger charge is 2.23. The quantitative estimate of drug-likeness (QED) is 0.837. The number of aromatic nitrogens is 1. The van der Waals surface area contributed by atoms with Crippen molar-refractivity contribution in [1.82, 2.24) is 10.3 Å². The fourth-order valence-electron chi connectivity index (χ4n) is 2.29. The van der Waals surface area contributed by atoms with Gasteiger partial charge in [-0.1, -0.05) is 18.5 Å². The fraction of sp³-hybridized carbons (Fsp3) is 0.600. The Morgan fingerprint density at radius 1 is 1.48 bits per heavy atom. The lowest BCUT2D eigenvalue weighted by Gasteiger charge is -2.28. The van der Waals surface area contributed by atoms with E-state index in [9.17, 15) is 4.79 Å². The lowest BCUT2D eigenvalue weighted by Crippen LogP contribution is -2.44. The Labute approximate surface area is 130 Å². The highest BCUT2D eigenvalue weighted by molar-refractivity contribution is 6.31. The second kappa shape index (κ2) is 6.98. The molecule has 1 rings (SSSR count). The van der Waals surface area contributed by atoms with Gasteiger partial charge >= 0.3 is 6.09 Å². The van der Waals surface area contributed by atoms with Crippen molar-refractivity contribution in [3.63, 3.8) is 0 Å². The van der Waals surface area contributed by atoms with E-state index < -0.39 is 11.6 Å². The molecule has 1 amide bonds. The summed E-state index contributed by atoms with van der Waals surface area (Å²) in [6, 6.07) is 0. The van der Waals surface area contributed by atoms with Gasteiger partial charge in [-0.2, -0.15) is 0 Å². The Morgan fingerprint density at radius 3 is 2.67 bits per heavy atom. The molecule has 6 heteroatoms. The zero-order chi connectivity index (χ0) is 16.2. The van der Waals surface area contributed by atoms with E-state index in [2.05, 4.69) is 10.3 Å². The smallest absolute Gasteiger partial charge is 0.405 e. The van der Waals surface area contributed by atoms with E-state index in [-0.39, 0.29) is 5.92 Å². The molecule has 0 aliphatic carbocycles. The van der Waals surface area contributed by atoms with Crippen LogP contribution in [0.1, 0.15) is 38.3 Å². The van der Waals surface area contributed by atoms with Crippen LogP contribution in [0.5, 0.6) is 5.88 Å². The molecule has 0 bridgehead atoms. The molecule has 0 saturated carbocycles. The van der Waals surface area contributed by atoms with Crippen LogP contribution >= 0.6 is 11.6 Å². The van der Waals surface area contributed by atoms with Gasteiger partial charge in [0.1, 0.15) is 0 Å². The molecular weight excluding hydrogens is 292 g/mol. The Morgan fingerprint density at radius 2 is 2.10 bits per heavy atom. The van der Waals surface area contributed by atoms with Crippen molar-refractivity contribution in [3.05, 3.63) is 22.3 Å². The first-order valence-corrected chi connectivity index (χ1v) is 7.26. The summed E-state index contributed by atoms with van der Waals surface area (Å²) in [5.41, 5.74) is 1.40. The summed E-state index contributed by atoms with van der Waals surface area (Å²) in [4.78, 5) is 14.9. The van der Waals surface area contributed by atoms with Gasteiger partial charge in [-0.3, -0.25) is 0 Å². The standard InChI is InChI=1S/C15H23ClN2O3/c1-9(6-15(4,5)18-14(19)20)8-21-13-11(3)10(2)12(16)7-17-13/h7,9,18H,6,8H2,1-5H3,(H,19,20)/t9-/m0/s1. The van der Waals surface area contributed by atoms with Gasteiger partial charge in [-0.25, -0.2) is 9.78 Å². The molecule has 2 N–H and O–H groups in total. The summed E-state index contributed by atoms with van der Waals surface area (Å²) in [5.74, 6) is 0.761. The number of amides is 1. The van der Waals surface area contributed by atoms with Gasteiger partial charge in [0.2, 0.25) is 5.88 Å². The first-order chi connectivity index (χ1) is 9.62. The highest BCUT2D eigenvalue weighted by Crippen LogP contribution is 2.25. The maximum Gasteiger partial charge on any atom is 0.405 e. The van der Waals surface area contributed by atoms with Crippen LogP contribution in [0.3, 0.4) is 0 Å². The molecule has 1 atom stereocenters. The normalized spacial score (nSPS) is 12.9. The summed E-state index contributed by atoms with van der Waals surface area (Å²) in [7, 11) is 0. The minimum absolute atomic E-state index is 0.184. The van der Waals surface area contributed by atoms with Crippen LogP contribution in [0.2, 0.25) is 5.02 Å². The molecule has 0 radical (unpaired) electrons. The van der Waals surface area contributed by atoms with Crippen LogP contribution < -0.4 is 10.1 Å². The zero-order valence-electron chi connectivity index (χ0n) is 13.2. The van der Waals surface area contributed by atoms with E-state index in [4.69, 9.17) is 21.4 Å². The van der Waals surface area contributed by atoms with Crippen LogP contribution in [0.25, 0.3) is 0 Å². The van der Waals surface area contributed by atoms with Gasteiger partial charge in [0.25, 0.3) is 0 Å². The predicted octanol–water partition coefficient (Wildman–Crippen LogP) is 3.80. The fourth-order valence-corrected chi connectivity index (χ4v) is 2.48. The molecule has 118 valence electrons. The van der Waals surface area contributed by atoms with Crippen molar-refractivity contribution < 1.29 is 14.6 Å².